The smallest absolute Gasteiger partial charge is 0.234 e. The minimum atomic E-state index is -0.173. The molecule has 1 aliphatic rings. The van der Waals surface area contributed by atoms with E-state index in [-0.39, 0.29) is 11.7 Å². The average Bonchev–Trinajstić information content (AvgIpc) is 2.59. The Kier molecular flexibility index (Phi) is 8.29. The molecule has 1 aliphatic heterocycles. The van der Waals surface area contributed by atoms with Crippen LogP contribution >= 0.6 is 15.9 Å². The van der Waals surface area contributed by atoms with E-state index in [0.717, 1.165) is 49.3 Å². The number of hydrogen-bond acceptors (Lipinski definition) is 4. The van der Waals surface area contributed by atoms with Crippen LogP contribution in [0.5, 0.6) is 0 Å². The first-order chi connectivity index (χ1) is 12.0. The van der Waals surface area contributed by atoms with Gasteiger partial charge in [-0.25, -0.2) is 4.39 Å². The number of nitrogens with one attached hydrogen (secondary N) is 1. The maximum Gasteiger partial charge on any atom is 0.234 e. The van der Waals surface area contributed by atoms with E-state index in [2.05, 4.69) is 42.9 Å². The highest BCUT2D eigenvalue weighted by atomic mass is 79.9. The van der Waals surface area contributed by atoms with E-state index in [1.54, 1.807) is 0 Å². The van der Waals surface area contributed by atoms with E-state index < -0.39 is 0 Å². The van der Waals surface area contributed by atoms with Crippen LogP contribution in [0.2, 0.25) is 0 Å². The number of piperazine rings is 1. The normalized spacial score (nSPS) is 16.4. The average molecular weight is 415 g/mol. The Morgan fingerprint density at radius 3 is 2.60 bits per heavy atom. The van der Waals surface area contributed by atoms with Crippen molar-refractivity contribution in [2.75, 3.05) is 59.4 Å². The summed E-state index contributed by atoms with van der Waals surface area (Å²) in [6.45, 7) is 9.06. The van der Waals surface area contributed by atoms with E-state index in [1.165, 1.54) is 6.07 Å². The summed E-state index contributed by atoms with van der Waals surface area (Å²) in [5.74, 6) is -0.0925. The maximum atomic E-state index is 13.9. The number of hydrogen-bond donors (Lipinski definition) is 1. The Balaban J connectivity index is 1.68. The predicted molar refractivity (Wildman–Crippen MR) is 102 cm³/mol. The Morgan fingerprint density at radius 1 is 1.28 bits per heavy atom. The summed E-state index contributed by atoms with van der Waals surface area (Å²) in [6.07, 6.45) is 0. The fourth-order valence-corrected chi connectivity index (χ4v) is 3.13. The fourth-order valence-electron chi connectivity index (χ4n) is 2.80. The third kappa shape index (κ3) is 7.01. The Labute approximate surface area is 158 Å². The molecule has 140 valence electrons. The lowest BCUT2D eigenvalue weighted by atomic mass is 10.2. The van der Waals surface area contributed by atoms with Crippen LogP contribution in [0.3, 0.4) is 0 Å². The summed E-state index contributed by atoms with van der Waals surface area (Å²) in [5.41, 5.74) is 0.717. The molecule has 1 amide bonds. The zero-order valence-electron chi connectivity index (χ0n) is 15.1. The van der Waals surface area contributed by atoms with Gasteiger partial charge in [-0.05, 0) is 25.7 Å². The van der Waals surface area contributed by atoms with Gasteiger partial charge in [0.2, 0.25) is 5.91 Å². The van der Waals surface area contributed by atoms with Gasteiger partial charge in [0.25, 0.3) is 0 Å². The van der Waals surface area contributed by atoms with Crippen LogP contribution in [-0.4, -0.2) is 80.0 Å². The molecule has 1 heterocycles. The molecule has 1 N–H and O–H groups in total. The number of nitrogens with zero attached hydrogens (tertiary/aromatic N) is 3. The molecule has 0 unspecified atom stereocenters. The van der Waals surface area contributed by atoms with Crippen LogP contribution in [0.25, 0.3) is 0 Å². The monoisotopic (exact) mass is 414 g/mol. The molecule has 0 radical (unpaired) electrons. The maximum absolute atomic E-state index is 13.9. The number of carbonyl (C=O) groups excluding carboxylic acids is 1. The third-order valence-corrected chi connectivity index (χ3v) is 5.09. The lowest BCUT2D eigenvalue weighted by molar-refractivity contribution is -0.122. The zero-order valence-corrected chi connectivity index (χ0v) is 16.7. The molecule has 2 rings (SSSR count). The van der Waals surface area contributed by atoms with Crippen molar-refractivity contribution in [3.05, 3.63) is 34.1 Å². The van der Waals surface area contributed by atoms with Crippen molar-refractivity contribution in [2.45, 2.75) is 13.5 Å². The van der Waals surface area contributed by atoms with Crippen LogP contribution in [0.4, 0.5) is 4.39 Å². The summed E-state index contributed by atoms with van der Waals surface area (Å²) >= 11 is 3.28. The van der Waals surface area contributed by atoms with Gasteiger partial charge in [0.05, 0.1) is 6.54 Å². The van der Waals surface area contributed by atoms with E-state index in [1.807, 2.05) is 19.2 Å². The fraction of sp³-hybridized carbons (Fsp3) is 0.611. The number of rotatable bonds is 8. The van der Waals surface area contributed by atoms with Gasteiger partial charge in [0.1, 0.15) is 5.82 Å². The van der Waals surface area contributed by atoms with Crippen molar-refractivity contribution < 1.29 is 9.18 Å². The molecule has 0 atom stereocenters. The lowest BCUT2D eigenvalue weighted by Gasteiger charge is -2.34. The summed E-state index contributed by atoms with van der Waals surface area (Å²) in [4.78, 5) is 18.6. The number of halogens is 2. The van der Waals surface area contributed by atoms with E-state index >= 15 is 0 Å². The van der Waals surface area contributed by atoms with Crippen molar-refractivity contribution in [2.24, 2.45) is 0 Å². The second-order valence-electron chi connectivity index (χ2n) is 6.53. The summed E-state index contributed by atoms with van der Waals surface area (Å²) < 4.78 is 14.7. The molecular weight excluding hydrogens is 387 g/mol. The van der Waals surface area contributed by atoms with E-state index in [9.17, 15) is 9.18 Å². The summed E-state index contributed by atoms with van der Waals surface area (Å²) in [5, 5.41) is 2.97. The molecule has 1 fully saturated rings. The first kappa shape index (κ1) is 20.3. The Hall–Kier alpha value is -1.02. The molecule has 0 saturated carbocycles. The second-order valence-corrected chi connectivity index (χ2v) is 7.45. The molecule has 0 aromatic heterocycles. The van der Waals surface area contributed by atoms with Crippen LogP contribution in [0, 0.1) is 5.82 Å². The third-order valence-electron chi connectivity index (χ3n) is 4.60. The molecule has 0 aliphatic carbocycles. The van der Waals surface area contributed by atoms with Crippen LogP contribution in [0.1, 0.15) is 12.5 Å². The minimum absolute atomic E-state index is 0.0805. The quantitative estimate of drug-likeness (QED) is 0.703. The highest BCUT2D eigenvalue weighted by Crippen LogP contribution is 2.17. The van der Waals surface area contributed by atoms with Gasteiger partial charge < -0.3 is 10.2 Å². The molecule has 5 nitrogen and oxygen atoms in total. The van der Waals surface area contributed by atoms with Crippen molar-refractivity contribution >= 4 is 21.8 Å². The minimum Gasteiger partial charge on any atom is -0.354 e. The van der Waals surface area contributed by atoms with Gasteiger partial charge >= 0.3 is 0 Å². The van der Waals surface area contributed by atoms with Crippen LogP contribution in [0.15, 0.2) is 22.7 Å². The van der Waals surface area contributed by atoms with Gasteiger partial charge in [0.15, 0.2) is 0 Å². The molecule has 0 bridgehead atoms. The molecule has 1 aromatic carbocycles. The predicted octanol–water partition coefficient (Wildman–Crippen LogP) is 1.77. The van der Waals surface area contributed by atoms with E-state index in [4.69, 9.17) is 0 Å². The lowest BCUT2D eigenvalue weighted by Crippen LogP contribution is -2.49. The van der Waals surface area contributed by atoms with Crippen molar-refractivity contribution in [3.63, 3.8) is 0 Å². The number of carbonyl (C=O) groups is 1. The molecule has 25 heavy (non-hydrogen) atoms. The van der Waals surface area contributed by atoms with Gasteiger partial charge in [-0.3, -0.25) is 14.6 Å². The highest BCUT2D eigenvalue weighted by molar-refractivity contribution is 9.10. The van der Waals surface area contributed by atoms with Crippen LogP contribution in [-0.2, 0) is 11.3 Å². The number of benzene rings is 1. The molecule has 0 spiro atoms. The number of likely N-dealkylation sites (N-methyl/N-ethyl adjacent to an activating group) is 1. The highest BCUT2D eigenvalue weighted by Gasteiger charge is 2.19. The summed E-state index contributed by atoms with van der Waals surface area (Å²) in [7, 11) is 2.04. The zero-order chi connectivity index (χ0) is 18.2. The topological polar surface area (TPSA) is 38.8 Å². The standard InChI is InChI=1S/C18H28BrFN4O/c1-3-22(2)7-6-21-18(25)14-24-10-8-23(9-11-24)13-15-4-5-16(19)12-17(15)20/h4-5,12H,3,6-11,13-14H2,1-2H3,(H,21,25). The van der Waals surface area contributed by atoms with Crippen molar-refractivity contribution in [1.29, 1.82) is 0 Å². The van der Waals surface area contributed by atoms with Gasteiger partial charge in [-0.15, -0.1) is 0 Å². The van der Waals surface area contributed by atoms with E-state index in [0.29, 0.717) is 19.6 Å². The molecular formula is C18H28BrFN4O. The van der Waals surface area contributed by atoms with Crippen molar-refractivity contribution in [1.82, 2.24) is 20.0 Å². The van der Waals surface area contributed by atoms with Crippen molar-refractivity contribution in [3.8, 4) is 0 Å². The summed E-state index contributed by atoms with van der Waals surface area (Å²) in [6, 6.07) is 5.20. The molecule has 1 aromatic rings. The largest absolute Gasteiger partial charge is 0.354 e. The van der Waals surface area contributed by atoms with Crippen LogP contribution < -0.4 is 5.32 Å². The molecule has 1 saturated heterocycles. The molecule has 7 heteroatoms. The van der Waals surface area contributed by atoms with Gasteiger partial charge in [-0.2, -0.15) is 0 Å². The Bertz CT molecular complexity index is 564. The second kappa shape index (κ2) is 10.2. The SMILES string of the molecule is CCN(C)CCNC(=O)CN1CCN(Cc2ccc(Br)cc2F)CC1. The first-order valence-electron chi connectivity index (χ1n) is 8.81. The van der Waals surface area contributed by atoms with Gasteiger partial charge in [0, 0.05) is 55.8 Å². The van der Waals surface area contributed by atoms with Gasteiger partial charge in [-0.1, -0.05) is 28.9 Å². The Morgan fingerprint density at radius 2 is 1.96 bits per heavy atom. The first-order valence-corrected chi connectivity index (χ1v) is 9.61. The number of amides is 1.